The van der Waals surface area contributed by atoms with E-state index in [2.05, 4.69) is 15.5 Å². The van der Waals surface area contributed by atoms with Crippen LogP contribution < -0.4 is 10.2 Å². The summed E-state index contributed by atoms with van der Waals surface area (Å²) in [6.45, 7) is 2.35. The van der Waals surface area contributed by atoms with Gasteiger partial charge in [0, 0.05) is 36.3 Å². The molecule has 2 atom stereocenters. The molecule has 1 aliphatic carbocycles. The maximum Gasteiger partial charge on any atom is 0.255 e. The molecule has 4 rings (SSSR count). The number of benzene rings is 1. The van der Waals surface area contributed by atoms with E-state index in [9.17, 15) is 14.7 Å². The van der Waals surface area contributed by atoms with Crippen molar-refractivity contribution in [3.05, 3.63) is 41.6 Å². The lowest BCUT2D eigenvalue weighted by Crippen LogP contribution is -2.29. The number of aromatic nitrogens is 2. The summed E-state index contributed by atoms with van der Waals surface area (Å²) in [6.07, 6.45) is 1.89. The fourth-order valence-electron chi connectivity index (χ4n) is 3.25. The minimum atomic E-state index is -0.909. The van der Waals surface area contributed by atoms with Gasteiger partial charge in [-0.2, -0.15) is 5.10 Å². The molecule has 0 spiro atoms. The summed E-state index contributed by atoms with van der Waals surface area (Å²) in [6, 6.07) is 9.22. The number of anilines is 2. The molecule has 0 bridgehead atoms. The van der Waals surface area contributed by atoms with Crippen molar-refractivity contribution in [1.82, 2.24) is 10.2 Å². The second-order valence-corrected chi connectivity index (χ2v) is 7.08. The van der Waals surface area contributed by atoms with Crippen LogP contribution in [0, 0.1) is 0 Å². The number of carbonyl (C=O) groups is 2. The lowest BCUT2D eigenvalue weighted by Gasteiger charge is -2.17. The Morgan fingerprint density at radius 1 is 1.31 bits per heavy atom. The SMILES string of the molecule is C[C@H](C(=O)Nc1cc(C2CC2)[nH]n1)c1ccc(N2CC[C@H](O)C2=O)cc1. The van der Waals surface area contributed by atoms with Crippen LogP contribution in [-0.2, 0) is 9.59 Å². The Labute approximate surface area is 151 Å². The van der Waals surface area contributed by atoms with Crippen molar-refractivity contribution in [2.45, 2.75) is 44.1 Å². The molecule has 2 fully saturated rings. The zero-order valence-electron chi connectivity index (χ0n) is 14.6. The number of nitrogens with zero attached hydrogens (tertiary/aromatic N) is 2. The molecule has 26 heavy (non-hydrogen) atoms. The van der Waals surface area contributed by atoms with E-state index in [0.717, 1.165) is 16.9 Å². The fraction of sp³-hybridized carbons (Fsp3) is 0.421. The third-order valence-corrected chi connectivity index (χ3v) is 5.14. The number of hydrogen-bond acceptors (Lipinski definition) is 4. The van der Waals surface area contributed by atoms with Gasteiger partial charge in [-0.3, -0.25) is 14.7 Å². The van der Waals surface area contributed by atoms with E-state index in [1.165, 1.54) is 12.8 Å². The standard InChI is InChI=1S/C19H22N4O3/c1-11(18(25)20-17-10-15(21-22-17)13-2-3-13)12-4-6-14(7-5-12)23-9-8-16(24)19(23)26/h4-7,10-11,13,16,24H,2-3,8-9H2,1H3,(H2,20,21,22,25)/t11-,16-/m0/s1. The molecule has 2 heterocycles. The van der Waals surface area contributed by atoms with Crippen LogP contribution in [-0.4, -0.2) is 39.8 Å². The van der Waals surface area contributed by atoms with Crippen LogP contribution in [0.1, 0.15) is 49.3 Å². The Balaban J connectivity index is 1.41. The zero-order chi connectivity index (χ0) is 18.3. The Morgan fingerprint density at radius 3 is 2.65 bits per heavy atom. The van der Waals surface area contributed by atoms with Gasteiger partial charge in [0.25, 0.3) is 5.91 Å². The van der Waals surface area contributed by atoms with Crippen molar-refractivity contribution in [2.75, 3.05) is 16.8 Å². The third-order valence-electron chi connectivity index (χ3n) is 5.14. The summed E-state index contributed by atoms with van der Waals surface area (Å²) < 4.78 is 0. The number of rotatable bonds is 5. The van der Waals surface area contributed by atoms with E-state index in [4.69, 9.17) is 0 Å². The highest BCUT2D eigenvalue weighted by Crippen LogP contribution is 2.39. The number of aliphatic hydroxyl groups is 1. The molecule has 1 aromatic carbocycles. The predicted molar refractivity (Wildman–Crippen MR) is 97.0 cm³/mol. The van der Waals surface area contributed by atoms with Crippen molar-refractivity contribution < 1.29 is 14.7 Å². The van der Waals surface area contributed by atoms with Gasteiger partial charge in [-0.25, -0.2) is 0 Å². The van der Waals surface area contributed by atoms with Crippen molar-refractivity contribution in [2.24, 2.45) is 0 Å². The molecule has 2 aliphatic rings. The molecular formula is C19H22N4O3. The number of nitrogens with one attached hydrogen (secondary N) is 2. The molecular weight excluding hydrogens is 332 g/mol. The number of aliphatic hydroxyl groups excluding tert-OH is 1. The highest BCUT2D eigenvalue weighted by Gasteiger charge is 2.31. The molecule has 3 N–H and O–H groups in total. The summed E-state index contributed by atoms with van der Waals surface area (Å²) in [5.41, 5.74) is 2.68. The first-order valence-corrected chi connectivity index (χ1v) is 8.98. The second-order valence-electron chi connectivity index (χ2n) is 7.08. The summed E-state index contributed by atoms with van der Waals surface area (Å²) in [7, 11) is 0. The van der Waals surface area contributed by atoms with E-state index in [1.54, 1.807) is 4.90 Å². The minimum Gasteiger partial charge on any atom is -0.383 e. The quantitative estimate of drug-likeness (QED) is 0.766. The Morgan fingerprint density at radius 2 is 2.04 bits per heavy atom. The molecule has 0 unspecified atom stereocenters. The number of H-pyrrole nitrogens is 1. The first kappa shape index (κ1) is 16.8. The van der Waals surface area contributed by atoms with Crippen molar-refractivity contribution >= 4 is 23.3 Å². The first-order chi connectivity index (χ1) is 12.5. The summed E-state index contributed by atoms with van der Waals surface area (Å²) in [4.78, 5) is 25.9. The number of aromatic amines is 1. The van der Waals surface area contributed by atoms with E-state index in [-0.39, 0.29) is 17.7 Å². The van der Waals surface area contributed by atoms with Gasteiger partial charge in [0.1, 0.15) is 6.10 Å². The fourth-order valence-corrected chi connectivity index (χ4v) is 3.25. The topological polar surface area (TPSA) is 98.3 Å². The van der Waals surface area contributed by atoms with E-state index in [0.29, 0.717) is 24.7 Å². The van der Waals surface area contributed by atoms with E-state index < -0.39 is 6.10 Å². The smallest absolute Gasteiger partial charge is 0.255 e. The van der Waals surface area contributed by atoms with Crippen LogP contribution in [0.2, 0.25) is 0 Å². The van der Waals surface area contributed by atoms with Crippen LogP contribution in [0.25, 0.3) is 0 Å². The maximum absolute atomic E-state index is 12.5. The average molecular weight is 354 g/mol. The molecule has 7 nitrogen and oxygen atoms in total. The van der Waals surface area contributed by atoms with Gasteiger partial charge in [0.2, 0.25) is 5.91 Å². The molecule has 1 aliphatic heterocycles. The molecule has 0 radical (unpaired) electrons. The predicted octanol–water partition coefficient (Wildman–Crippen LogP) is 2.13. The normalized spacial score (nSPS) is 21.1. The van der Waals surface area contributed by atoms with Crippen LogP contribution in [0.15, 0.2) is 30.3 Å². The average Bonchev–Trinajstić information content (AvgIpc) is 3.31. The molecule has 1 aromatic heterocycles. The highest BCUT2D eigenvalue weighted by molar-refractivity contribution is 5.99. The van der Waals surface area contributed by atoms with Crippen molar-refractivity contribution in [1.29, 1.82) is 0 Å². The van der Waals surface area contributed by atoms with Crippen LogP contribution >= 0.6 is 0 Å². The Kier molecular flexibility index (Phi) is 4.24. The van der Waals surface area contributed by atoms with Crippen LogP contribution in [0.3, 0.4) is 0 Å². The van der Waals surface area contributed by atoms with E-state index in [1.807, 2.05) is 37.3 Å². The van der Waals surface area contributed by atoms with Crippen molar-refractivity contribution in [3.8, 4) is 0 Å². The monoisotopic (exact) mass is 354 g/mol. The summed E-state index contributed by atoms with van der Waals surface area (Å²) >= 11 is 0. The molecule has 2 aromatic rings. The third kappa shape index (κ3) is 3.22. The van der Waals surface area contributed by atoms with Crippen molar-refractivity contribution in [3.63, 3.8) is 0 Å². The van der Waals surface area contributed by atoms with Gasteiger partial charge >= 0.3 is 0 Å². The number of amides is 2. The van der Waals surface area contributed by atoms with Gasteiger partial charge in [-0.15, -0.1) is 0 Å². The number of carbonyl (C=O) groups excluding carboxylic acids is 2. The Bertz CT molecular complexity index is 826. The van der Waals surface area contributed by atoms with Gasteiger partial charge in [-0.05, 0) is 37.5 Å². The lowest BCUT2D eigenvalue weighted by atomic mass is 10.00. The minimum absolute atomic E-state index is 0.126. The number of hydrogen-bond donors (Lipinski definition) is 3. The molecule has 136 valence electrons. The molecule has 1 saturated carbocycles. The highest BCUT2D eigenvalue weighted by atomic mass is 16.3. The second kappa shape index (κ2) is 6.57. The summed E-state index contributed by atoms with van der Waals surface area (Å²) in [5, 5.41) is 19.5. The molecule has 7 heteroatoms. The van der Waals surface area contributed by atoms with Crippen LogP contribution in [0.5, 0.6) is 0 Å². The van der Waals surface area contributed by atoms with Gasteiger partial charge in [0.05, 0.1) is 5.92 Å². The lowest BCUT2D eigenvalue weighted by molar-refractivity contribution is -0.124. The summed E-state index contributed by atoms with van der Waals surface area (Å²) in [5.74, 6) is 0.375. The van der Waals surface area contributed by atoms with Gasteiger partial charge in [0.15, 0.2) is 5.82 Å². The first-order valence-electron chi connectivity index (χ1n) is 8.98. The van der Waals surface area contributed by atoms with Crippen LogP contribution in [0.4, 0.5) is 11.5 Å². The van der Waals surface area contributed by atoms with E-state index >= 15 is 0 Å². The maximum atomic E-state index is 12.5. The Hall–Kier alpha value is -2.67. The molecule has 2 amide bonds. The zero-order valence-corrected chi connectivity index (χ0v) is 14.6. The van der Waals surface area contributed by atoms with Gasteiger partial charge < -0.3 is 15.3 Å². The molecule has 1 saturated heterocycles. The van der Waals surface area contributed by atoms with Gasteiger partial charge in [-0.1, -0.05) is 12.1 Å². The largest absolute Gasteiger partial charge is 0.383 e.